The number of nitrogen functional groups attached to an aromatic ring is 1. The van der Waals surface area contributed by atoms with E-state index in [9.17, 15) is 0 Å². The molecule has 0 fully saturated rings. The minimum Gasteiger partial charge on any atom is -0.494 e. The summed E-state index contributed by atoms with van der Waals surface area (Å²) in [6, 6.07) is 6.03. The van der Waals surface area contributed by atoms with Crippen LogP contribution in [0, 0.1) is 6.92 Å². The second kappa shape index (κ2) is 4.26. The first-order chi connectivity index (χ1) is 7.70. The molecule has 4 nitrogen and oxygen atoms in total. The summed E-state index contributed by atoms with van der Waals surface area (Å²) in [5.74, 6) is 1.56. The summed E-state index contributed by atoms with van der Waals surface area (Å²) in [6.45, 7) is 4.62. The van der Waals surface area contributed by atoms with Crippen LogP contribution in [-0.4, -0.2) is 11.6 Å². The SMILES string of the molecule is CCOc1ccc(-c2cnc(N)o2)cc1C. The summed E-state index contributed by atoms with van der Waals surface area (Å²) in [7, 11) is 0. The van der Waals surface area contributed by atoms with E-state index in [-0.39, 0.29) is 6.01 Å². The lowest BCUT2D eigenvalue weighted by atomic mass is 10.1. The van der Waals surface area contributed by atoms with E-state index < -0.39 is 0 Å². The van der Waals surface area contributed by atoms with Gasteiger partial charge in [-0.3, -0.25) is 0 Å². The molecule has 0 saturated heterocycles. The second-order valence-electron chi connectivity index (χ2n) is 3.48. The van der Waals surface area contributed by atoms with Gasteiger partial charge >= 0.3 is 0 Å². The molecule has 2 rings (SSSR count). The lowest BCUT2D eigenvalue weighted by molar-refractivity contribution is 0.338. The lowest BCUT2D eigenvalue weighted by Crippen LogP contribution is -1.93. The number of hydrogen-bond acceptors (Lipinski definition) is 4. The fourth-order valence-electron chi connectivity index (χ4n) is 1.54. The molecule has 1 heterocycles. The van der Waals surface area contributed by atoms with Gasteiger partial charge in [-0.2, -0.15) is 0 Å². The number of anilines is 1. The zero-order chi connectivity index (χ0) is 11.5. The van der Waals surface area contributed by atoms with Gasteiger partial charge in [0.15, 0.2) is 5.76 Å². The van der Waals surface area contributed by atoms with Gasteiger partial charge in [-0.1, -0.05) is 0 Å². The molecular weight excluding hydrogens is 204 g/mol. The Balaban J connectivity index is 2.34. The van der Waals surface area contributed by atoms with Crippen molar-refractivity contribution in [2.24, 2.45) is 0 Å². The molecule has 0 amide bonds. The third-order valence-electron chi connectivity index (χ3n) is 2.28. The Hall–Kier alpha value is -1.97. The van der Waals surface area contributed by atoms with Crippen LogP contribution < -0.4 is 10.5 Å². The van der Waals surface area contributed by atoms with Gasteiger partial charge in [0.2, 0.25) is 0 Å². The van der Waals surface area contributed by atoms with Crippen molar-refractivity contribution in [1.82, 2.24) is 4.98 Å². The van der Waals surface area contributed by atoms with Gasteiger partial charge in [0.25, 0.3) is 6.01 Å². The summed E-state index contributed by atoms with van der Waals surface area (Å²) < 4.78 is 10.7. The molecule has 1 aromatic carbocycles. The second-order valence-corrected chi connectivity index (χ2v) is 3.48. The topological polar surface area (TPSA) is 61.3 Å². The largest absolute Gasteiger partial charge is 0.494 e. The smallest absolute Gasteiger partial charge is 0.292 e. The zero-order valence-corrected chi connectivity index (χ0v) is 9.36. The first-order valence-corrected chi connectivity index (χ1v) is 5.16. The number of nitrogens with two attached hydrogens (primary N) is 1. The van der Waals surface area contributed by atoms with Gasteiger partial charge in [-0.25, -0.2) is 4.98 Å². The molecule has 84 valence electrons. The van der Waals surface area contributed by atoms with Crippen LogP contribution in [0.15, 0.2) is 28.8 Å². The van der Waals surface area contributed by atoms with Crippen molar-refractivity contribution in [2.45, 2.75) is 13.8 Å². The van der Waals surface area contributed by atoms with Gasteiger partial charge in [-0.15, -0.1) is 0 Å². The predicted octanol–water partition coefficient (Wildman–Crippen LogP) is 2.63. The van der Waals surface area contributed by atoms with E-state index in [2.05, 4.69) is 4.98 Å². The fourth-order valence-corrected chi connectivity index (χ4v) is 1.54. The highest BCUT2D eigenvalue weighted by Gasteiger charge is 2.06. The van der Waals surface area contributed by atoms with Crippen molar-refractivity contribution in [3.05, 3.63) is 30.0 Å². The molecule has 0 radical (unpaired) electrons. The standard InChI is InChI=1S/C12H14N2O2/c1-3-15-10-5-4-9(6-8(10)2)11-7-14-12(13)16-11/h4-7H,3H2,1-2H3,(H2,13,14). The maximum Gasteiger partial charge on any atom is 0.292 e. The van der Waals surface area contributed by atoms with Crippen LogP contribution in [0.4, 0.5) is 6.01 Å². The van der Waals surface area contributed by atoms with E-state index in [0.717, 1.165) is 16.9 Å². The van der Waals surface area contributed by atoms with E-state index in [1.807, 2.05) is 32.0 Å². The highest BCUT2D eigenvalue weighted by atomic mass is 16.5. The number of rotatable bonds is 3. The minimum atomic E-state index is 0.182. The Morgan fingerprint density at radius 3 is 2.81 bits per heavy atom. The van der Waals surface area contributed by atoms with Crippen molar-refractivity contribution in [3.63, 3.8) is 0 Å². The number of aryl methyl sites for hydroxylation is 1. The van der Waals surface area contributed by atoms with Gasteiger partial charge in [0.05, 0.1) is 12.8 Å². The van der Waals surface area contributed by atoms with Crippen molar-refractivity contribution in [1.29, 1.82) is 0 Å². The van der Waals surface area contributed by atoms with Gasteiger partial charge < -0.3 is 14.9 Å². The molecule has 0 spiro atoms. The molecular formula is C12H14N2O2. The van der Waals surface area contributed by atoms with E-state index in [4.69, 9.17) is 14.9 Å². The Labute approximate surface area is 94.1 Å². The number of aromatic nitrogens is 1. The molecule has 0 atom stereocenters. The average Bonchev–Trinajstić information content (AvgIpc) is 2.68. The predicted molar refractivity (Wildman–Crippen MR) is 62.3 cm³/mol. The van der Waals surface area contributed by atoms with Gasteiger partial charge in [-0.05, 0) is 37.6 Å². The van der Waals surface area contributed by atoms with Crippen LogP contribution in [0.3, 0.4) is 0 Å². The molecule has 2 aromatic rings. The third kappa shape index (κ3) is 2.00. The first-order valence-electron chi connectivity index (χ1n) is 5.16. The molecule has 0 saturated carbocycles. The van der Waals surface area contributed by atoms with Crippen LogP contribution >= 0.6 is 0 Å². The number of oxazole rings is 1. The van der Waals surface area contributed by atoms with Crippen molar-refractivity contribution in [2.75, 3.05) is 12.3 Å². The number of ether oxygens (including phenoxy) is 1. The van der Waals surface area contributed by atoms with Gasteiger partial charge in [0.1, 0.15) is 5.75 Å². The first kappa shape index (κ1) is 10.5. The highest BCUT2D eigenvalue weighted by molar-refractivity contribution is 5.60. The van der Waals surface area contributed by atoms with E-state index >= 15 is 0 Å². The van der Waals surface area contributed by atoms with E-state index in [1.165, 1.54) is 0 Å². The van der Waals surface area contributed by atoms with Crippen molar-refractivity contribution >= 4 is 6.01 Å². The monoisotopic (exact) mass is 218 g/mol. The average molecular weight is 218 g/mol. The summed E-state index contributed by atoms with van der Waals surface area (Å²) in [5.41, 5.74) is 7.44. The van der Waals surface area contributed by atoms with Crippen molar-refractivity contribution < 1.29 is 9.15 Å². The number of benzene rings is 1. The summed E-state index contributed by atoms with van der Waals surface area (Å²) in [5, 5.41) is 0. The van der Waals surface area contributed by atoms with Crippen LogP contribution in [0.2, 0.25) is 0 Å². The minimum absolute atomic E-state index is 0.182. The molecule has 1 aromatic heterocycles. The number of hydrogen-bond donors (Lipinski definition) is 1. The van der Waals surface area contributed by atoms with Crippen molar-refractivity contribution in [3.8, 4) is 17.1 Å². The van der Waals surface area contributed by atoms with Gasteiger partial charge in [0, 0.05) is 5.56 Å². The molecule has 0 aliphatic rings. The molecule has 16 heavy (non-hydrogen) atoms. The summed E-state index contributed by atoms with van der Waals surface area (Å²) in [4.78, 5) is 3.86. The zero-order valence-electron chi connectivity index (χ0n) is 9.36. The molecule has 4 heteroatoms. The van der Waals surface area contributed by atoms with Crippen LogP contribution in [0.1, 0.15) is 12.5 Å². The fraction of sp³-hybridized carbons (Fsp3) is 0.250. The molecule has 0 aliphatic heterocycles. The maximum atomic E-state index is 5.46. The molecule has 0 bridgehead atoms. The molecule has 0 aliphatic carbocycles. The van der Waals surface area contributed by atoms with Crippen LogP contribution in [0.5, 0.6) is 5.75 Å². The maximum absolute atomic E-state index is 5.46. The summed E-state index contributed by atoms with van der Waals surface area (Å²) >= 11 is 0. The Bertz CT molecular complexity index is 492. The molecule has 2 N–H and O–H groups in total. The molecule has 0 unspecified atom stereocenters. The lowest BCUT2D eigenvalue weighted by Gasteiger charge is -2.07. The number of nitrogens with zero attached hydrogens (tertiary/aromatic N) is 1. The highest BCUT2D eigenvalue weighted by Crippen LogP contribution is 2.27. The Morgan fingerprint density at radius 1 is 1.44 bits per heavy atom. The third-order valence-corrected chi connectivity index (χ3v) is 2.28. The quantitative estimate of drug-likeness (QED) is 0.860. The summed E-state index contributed by atoms with van der Waals surface area (Å²) in [6.07, 6.45) is 1.62. The normalized spacial score (nSPS) is 10.4. The van der Waals surface area contributed by atoms with E-state index in [0.29, 0.717) is 12.4 Å². The Morgan fingerprint density at radius 2 is 2.25 bits per heavy atom. The van der Waals surface area contributed by atoms with E-state index in [1.54, 1.807) is 6.20 Å². The van der Waals surface area contributed by atoms with Crippen LogP contribution in [-0.2, 0) is 0 Å². The Kier molecular flexibility index (Phi) is 2.81. The van der Waals surface area contributed by atoms with Crippen LogP contribution in [0.25, 0.3) is 11.3 Å².